The summed E-state index contributed by atoms with van der Waals surface area (Å²) in [5.74, 6) is -2.14. The monoisotopic (exact) mass is 651 g/mol. The largest absolute Gasteiger partial charge is 0.395 e. The molecule has 16 atom stereocenters. The van der Waals surface area contributed by atoms with Gasteiger partial charge < -0.3 is 89.3 Å². The van der Waals surface area contributed by atoms with Crippen molar-refractivity contribution in [1.82, 2.24) is 10.6 Å². The molecular weight excluding hydrogens is 598 g/mol. The molecule has 2 saturated heterocycles. The van der Waals surface area contributed by atoms with Crippen LogP contribution in [0.3, 0.4) is 0 Å². The predicted molar refractivity (Wildman–Crippen MR) is 157 cm³/mol. The zero-order chi connectivity index (χ0) is 33.4. The Hall–Kier alpha value is -1.17. The Balaban J connectivity index is 1.58. The first kappa shape index (κ1) is 36.7. The van der Waals surface area contributed by atoms with Gasteiger partial charge in [0.1, 0.15) is 30.0 Å². The maximum Gasteiger partial charge on any atom is 0.252 e. The van der Waals surface area contributed by atoms with Crippen LogP contribution < -0.4 is 39.3 Å². The van der Waals surface area contributed by atoms with Crippen LogP contribution >= 0.6 is 0 Å². The second-order valence-electron chi connectivity index (χ2n) is 13.3. The number of amides is 1. The number of hydrogen-bond donors (Lipinski definition) is 14. The first-order chi connectivity index (χ1) is 21.1. The SMILES string of the molecule is C[C@@H]1[C@@H](N)[C@@H](C2[C@@H](N)C[C@@H](NC(=O)C3(O)CC(N)C3)[C@H](O[C@H]3O[C@H](CO)[C@@H](O)[C@H](N)[C@H]3O)[C@H]2O)O[C@H](CNCC(N)CO)[C@H]1O. The Morgan fingerprint density at radius 1 is 0.978 bits per heavy atom. The average molecular weight is 652 g/mol. The Kier molecular flexibility index (Phi) is 12.2. The minimum absolute atomic E-state index is 0.0129. The van der Waals surface area contributed by atoms with E-state index >= 15 is 0 Å². The summed E-state index contributed by atoms with van der Waals surface area (Å²) < 4.78 is 18.0. The van der Waals surface area contributed by atoms with Crippen LogP contribution in [0.5, 0.6) is 0 Å². The molecule has 4 rings (SSSR count). The van der Waals surface area contributed by atoms with Crippen LogP contribution in [-0.2, 0) is 19.0 Å². The molecule has 0 bridgehead atoms. The highest BCUT2D eigenvalue weighted by Crippen LogP contribution is 2.39. The van der Waals surface area contributed by atoms with Crippen LogP contribution in [0.1, 0.15) is 26.2 Å². The molecule has 0 aromatic carbocycles. The van der Waals surface area contributed by atoms with Gasteiger partial charge in [-0.3, -0.25) is 4.79 Å². The van der Waals surface area contributed by atoms with Gasteiger partial charge in [-0.25, -0.2) is 0 Å². The van der Waals surface area contributed by atoms with E-state index in [-0.39, 0.29) is 45.0 Å². The summed E-state index contributed by atoms with van der Waals surface area (Å²) in [6.07, 6.45) is -11.1. The second kappa shape index (κ2) is 14.9. The lowest BCUT2D eigenvalue weighted by Crippen LogP contribution is -2.72. The Labute approximate surface area is 261 Å². The molecular formula is C27H53N7O11. The van der Waals surface area contributed by atoms with Gasteiger partial charge in [0.25, 0.3) is 5.91 Å². The van der Waals surface area contributed by atoms with E-state index in [9.17, 15) is 40.5 Å². The molecule has 45 heavy (non-hydrogen) atoms. The van der Waals surface area contributed by atoms with Crippen LogP contribution in [0, 0.1) is 11.8 Å². The van der Waals surface area contributed by atoms with Gasteiger partial charge in [0, 0.05) is 61.9 Å². The Morgan fingerprint density at radius 2 is 1.64 bits per heavy atom. The summed E-state index contributed by atoms with van der Waals surface area (Å²) in [5.41, 5.74) is 29.0. The molecule has 0 aromatic heterocycles. The fourth-order valence-electron chi connectivity index (χ4n) is 6.96. The molecule has 1 amide bonds. The number of rotatable bonds is 11. The molecule has 262 valence electrons. The van der Waals surface area contributed by atoms with Crippen molar-refractivity contribution in [3.05, 3.63) is 0 Å². The molecule has 0 radical (unpaired) electrons. The van der Waals surface area contributed by atoms with Crippen LogP contribution in [0.15, 0.2) is 0 Å². The molecule has 2 heterocycles. The first-order valence-corrected chi connectivity index (χ1v) is 15.6. The minimum atomic E-state index is -1.72. The number of ether oxygens (including phenoxy) is 3. The quantitative estimate of drug-likeness (QED) is 0.0986. The highest BCUT2D eigenvalue weighted by Gasteiger charge is 2.56. The number of carbonyl (C=O) groups is 1. The van der Waals surface area contributed by atoms with E-state index in [1.165, 1.54) is 0 Å². The van der Waals surface area contributed by atoms with Crippen molar-refractivity contribution in [2.24, 2.45) is 40.5 Å². The van der Waals surface area contributed by atoms with Gasteiger partial charge in [0.05, 0.1) is 49.7 Å². The van der Waals surface area contributed by atoms with E-state index < -0.39 is 115 Å². The van der Waals surface area contributed by atoms with Crippen molar-refractivity contribution < 1.29 is 54.8 Å². The van der Waals surface area contributed by atoms with Crippen molar-refractivity contribution >= 4 is 5.91 Å². The second-order valence-corrected chi connectivity index (χ2v) is 13.3. The smallest absolute Gasteiger partial charge is 0.252 e. The minimum Gasteiger partial charge on any atom is -0.395 e. The maximum absolute atomic E-state index is 13.1. The molecule has 18 nitrogen and oxygen atoms in total. The third-order valence-electron chi connectivity index (χ3n) is 9.92. The van der Waals surface area contributed by atoms with Crippen molar-refractivity contribution in [3.63, 3.8) is 0 Å². The van der Waals surface area contributed by atoms with E-state index in [1.807, 2.05) is 0 Å². The number of aliphatic hydroxyl groups is 7. The van der Waals surface area contributed by atoms with Gasteiger partial charge in [-0.15, -0.1) is 0 Å². The van der Waals surface area contributed by atoms with E-state index in [4.69, 9.17) is 42.9 Å². The summed E-state index contributed by atoms with van der Waals surface area (Å²) in [6.45, 7) is 1.28. The van der Waals surface area contributed by atoms with Crippen molar-refractivity contribution in [2.75, 3.05) is 26.3 Å². The predicted octanol–water partition coefficient (Wildman–Crippen LogP) is -7.82. The summed E-state index contributed by atoms with van der Waals surface area (Å²) >= 11 is 0. The topological polar surface area (TPSA) is 341 Å². The lowest BCUT2D eigenvalue weighted by atomic mass is 9.69. The number of hydrogen-bond acceptors (Lipinski definition) is 17. The van der Waals surface area contributed by atoms with E-state index in [2.05, 4.69) is 10.6 Å². The Bertz CT molecular complexity index is 981. The standard InChI is InChI=1S/C27H53N7O11/c1-9-17(31)24(43-14(19(9)37)6-33-5-11(29)7-35)16-12(30)2-13(34-26(41)27(42)3-10(28)4-27)23(21(16)39)45-25-22(40)18(32)20(38)15(8-36)44-25/h9-25,33,35-40,42H,2-8,28-32H2,1H3,(H,34,41)/t9-,10?,11?,12+,13-,14-,15-,16?,17-,18+,19+,20-,21+,22-,23+,24-,25-,27?/m1/s1. The van der Waals surface area contributed by atoms with Crippen LogP contribution in [0.2, 0.25) is 0 Å². The molecule has 4 fully saturated rings. The van der Waals surface area contributed by atoms with Gasteiger partial charge in [0.2, 0.25) is 0 Å². The highest BCUT2D eigenvalue weighted by molar-refractivity contribution is 5.86. The molecule has 2 unspecified atom stereocenters. The molecule has 19 N–H and O–H groups in total. The van der Waals surface area contributed by atoms with Crippen molar-refractivity contribution in [3.8, 4) is 0 Å². The summed E-state index contributed by atoms with van der Waals surface area (Å²) in [5, 5.41) is 79.3. The molecule has 2 aliphatic heterocycles. The van der Waals surface area contributed by atoms with Gasteiger partial charge in [-0.2, -0.15) is 0 Å². The zero-order valence-electron chi connectivity index (χ0n) is 25.4. The number of carbonyl (C=O) groups excluding carboxylic acids is 1. The summed E-state index contributed by atoms with van der Waals surface area (Å²) in [4.78, 5) is 13.1. The highest BCUT2D eigenvalue weighted by atomic mass is 16.7. The average Bonchev–Trinajstić information content (AvgIpc) is 2.98. The van der Waals surface area contributed by atoms with Gasteiger partial charge in [-0.1, -0.05) is 6.92 Å². The fraction of sp³-hybridized carbons (Fsp3) is 0.963. The van der Waals surface area contributed by atoms with E-state index in [0.717, 1.165) is 0 Å². The lowest BCUT2D eigenvalue weighted by Gasteiger charge is -2.53. The van der Waals surface area contributed by atoms with Gasteiger partial charge >= 0.3 is 0 Å². The van der Waals surface area contributed by atoms with Crippen LogP contribution in [-0.4, -0.2) is 165 Å². The normalized spacial score (nSPS) is 49.6. The molecule has 0 spiro atoms. The van der Waals surface area contributed by atoms with Crippen LogP contribution in [0.25, 0.3) is 0 Å². The van der Waals surface area contributed by atoms with Crippen molar-refractivity contribution in [1.29, 1.82) is 0 Å². The number of nitrogens with two attached hydrogens (primary N) is 5. The molecule has 2 saturated carbocycles. The third-order valence-corrected chi connectivity index (χ3v) is 9.92. The van der Waals surface area contributed by atoms with Gasteiger partial charge in [0.15, 0.2) is 6.29 Å². The first-order valence-electron chi connectivity index (χ1n) is 15.6. The van der Waals surface area contributed by atoms with Crippen LogP contribution in [0.4, 0.5) is 0 Å². The maximum atomic E-state index is 13.1. The molecule has 2 aliphatic carbocycles. The van der Waals surface area contributed by atoms with E-state index in [0.29, 0.717) is 0 Å². The van der Waals surface area contributed by atoms with E-state index in [1.54, 1.807) is 6.92 Å². The Morgan fingerprint density at radius 3 is 2.24 bits per heavy atom. The lowest BCUT2D eigenvalue weighted by molar-refractivity contribution is -0.307. The molecule has 18 heteroatoms. The van der Waals surface area contributed by atoms with Crippen molar-refractivity contribution in [2.45, 2.75) is 123 Å². The zero-order valence-corrected chi connectivity index (χ0v) is 25.4. The third kappa shape index (κ3) is 7.62. The molecule has 4 aliphatic rings. The molecule has 0 aromatic rings. The summed E-state index contributed by atoms with van der Waals surface area (Å²) in [7, 11) is 0. The summed E-state index contributed by atoms with van der Waals surface area (Å²) in [6, 6.07) is -4.77. The fourth-order valence-corrected chi connectivity index (χ4v) is 6.96. The number of aliphatic hydroxyl groups excluding tert-OH is 6. The van der Waals surface area contributed by atoms with Gasteiger partial charge in [-0.05, 0) is 6.42 Å². The number of nitrogens with one attached hydrogen (secondary N) is 2.